The molecule has 1 aromatic heterocycles. The summed E-state index contributed by atoms with van der Waals surface area (Å²) in [4.78, 5) is 31.8. The molecule has 1 N–H and O–H groups in total. The first-order chi connectivity index (χ1) is 15.5. The summed E-state index contributed by atoms with van der Waals surface area (Å²) in [5.41, 5.74) is 3.07. The number of aryl methyl sites for hydroxylation is 1. The van der Waals surface area contributed by atoms with E-state index < -0.39 is 17.7 Å². The highest BCUT2D eigenvalue weighted by Crippen LogP contribution is 2.41. The number of hydrogen-bond acceptors (Lipinski definition) is 5. The lowest BCUT2D eigenvalue weighted by atomic mass is 9.92. The summed E-state index contributed by atoms with van der Waals surface area (Å²) < 4.78 is 5.54. The molecule has 0 radical (unpaired) electrons. The minimum absolute atomic E-state index is 0.0759. The summed E-state index contributed by atoms with van der Waals surface area (Å²) >= 11 is 0. The molecule has 1 unspecified atom stereocenters. The van der Waals surface area contributed by atoms with Gasteiger partial charge in [-0.15, -0.1) is 0 Å². The average molecular weight is 428 g/mol. The molecule has 32 heavy (non-hydrogen) atoms. The Labute approximate surface area is 186 Å². The van der Waals surface area contributed by atoms with E-state index in [2.05, 4.69) is 4.98 Å². The van der Waals surface area contributed by atoms with Crippen molar-refractivity contribution < 1.29 is 19.4 Å². The monoisotopic (exact) mass is 428 g/mol. The van der Waals surface area contributed by atoms with Crippen molar-refractivity contribution in [3.8, 4) is 5.75 Å². The van der Waals surface area contributed by atoms with Crippen LogP contribution in [0.4, 0.5) is 0 Å². The highest BCUT2D eigenvalue weighted by Gasteiger charge is 2.46. The number of aliphatic hydroxyl groups is 1. The topological polar surface area (TPSA) is 79.7 Å². The normalized spacial score (nSPS) is 17.6. The molecule has 0 bridgehead atoms. The van der Waals surface area contributed by atoms with Gasteiger partial charge < -0.3 is 14.7 Å². The number of ketones is 1. The highest BCUT2D eigenvalue weighted by atomic mass is 16.5. The fraction of sp³-hybridized carbons (Fsp3) is 0.192. The van der Waals surface area contributed by atoms with Gasteiger partial charge in [-0.2, -0.15) is 0 Å². The first-order valence-corrected chi connectivity index (χ1v) is 10.5. The van der Waals surface area contributed by atoms with Crippen LogP contribution in [0.1, 0.15) is 35.2 Å². The van der Waals surface area contributed by atoms with Crippen molar-refractivity contribution in [3.63, 3.8) is 0 Å². The van der Waals surface area contributed by atoms with Crippen LogP contribution in [0.2, 0.25) is 0 Å². The zero-order valence-corrected chi connectivity index (χ0v) is 18.0. The molecule has 0 spiro atoms. The van der Waals surface area contributed by atoms with Gasteiger partial charge >= 0.3 is 0 Å². The summed E-state index contributed by atoms with van der Waals surface area (Å²) in [7, 11) is 0. The van der Waals surface area contributed by atoms with Crippen LogP contribution in [-0.2, 0) is 16.1 Å². The van der Waals surface area contributed by atoms with Crippen LogP contribution in [0.15, 0.2) is 78.6 Å². The van der Waals surface area contributed by atoms with Gasteiger partial charge in [0.15, 0.2) is 0 Å². The van der Waals surface area contributed by atoms with Crippen molar-refractivity contribution in [2.75, 3.05) is 6.61 Å². The standard InChI is InChI=1S/C26H24N2O4/c1-3-32-20-9-6-8-19(15-20)24(29)22-23(21-10-5-4-7-17(21)2)28(26(31)25(22)30)16-18-11-13-27-14-12-18/h4-15,23,29H,3,16H2,1-2H3/b24-22+. The Balaban J connectivity index is 1.87. The predicted molar refractivity (Wildman–Crippen MR) is 121 cm³/mol. The fourth-order valence-corrected chi connectivity index (χ4v) is 4.00. The second kappa shape index (κ2) is 9.06. The number of nitrogens with zero attached hydrogens (tertiary/aromatic N) is 2. The number of rotatable bonds is 6. The van der Waals surface area contributed by atoms with Crippen LogP contribution >= 0.6 is 0 Å². The van der Waals surface area contributed by atoms with Crippen molar-refractivity contribution >= 4 is 17.4 Å². The summed E-state index contributed by atoms with van der Waals surface area (Å²) in [6, 6.07) is 17.4. The molecule has 1 saturated heterocycles. The highest BCUT2D eigenvalue weighted by molar-refractivity contribution is 6.46. The van der Waals surface area contributed by atoms with E-state index in [4.69, 9.17) is 4.74 Å². The van der Waals surface area contributed by atoms with Gasteiger partial charge in [-0.1, -0.05) is 36.4 Å². The second-order valence-corrected chi connectivity index (χ2v) is 7.60. The number of pyridine rings is 1. The summed E-state index contributed by atoms with van der Waals surface area (Å²) in [5, 5.41) is 11.2. The van der Waals surface area contributed by atoms with Gasteiger partial charge in [0, 0.05) is 24.5 Å². The van der Waals surface area contributed by atoms with Crippen molar-refractivity contribution in [2.45, 2.75) is 26.4 Å². The van der Waals surface area contributed by atoms with Gasteiger partial charge in [-0.25, -0.2) is 0 Å². The molecule has 6 nitrogen and oxygen atoms in total. The van der Waals surface area contributed by atoms with Gasteiger partial charge in [0.25, 0.3) is 11.7 Å². The first-order valence-electron chi connectivity index (χ1n) is 10.5. The van der Waals surface area contributed by atoms with Gasteiger partial charge in [0.1, 0.15) is 11.5 Å². The first kappa shape index (κ1) is 21.3. The Morgan fingerprint density at radius 1 is 1.06 bits per heavy atom. The number of hydrogen-bond donors (Lipinski definition) is 1. The zero-order valence-electron chi connectivity index (χ0n) is 18.0. The largest absolute Gasteiger partial charge is 0.507 e. The van der Waals surface area contributed by atoms with E-state index in [1.807, 2.05) is 38.1 Å². The third-order valence-electron chi connectivity index (χ3n) is 5.54. The van der Waals surface area contributed by atoms with Crippen LogP contribution in [0.5, 0.6) is 5.75 Å². The molecule has 3 aromatic rings. The van der Waals surface area contributed by atoms with Crippen LogP contribution in [-0.4, -0.2) is 33.3 Å². The van der Waals surface area contributed by atoms with E-state index in [0.717, 1.165) is 16.7 Å². The van der Waals surface area contributed by atoms with Crippen LogP contribution in [0, 0.1) is 6.92 Å². The molecule has 4 rings (SSSR count). The van der Waals surface area contributed by atoms with Crippen molar-refractivity contribution in [1.82, 2.24) is 9.88 Å². The number of amides is 1. The van der Waals surface area contributed by atoms with Gasteiger partial charge in [-0.05, 0) is 54.8 Å². The number of aromatic nitrogens is 1. The van der Waals surface area contributed by atoms with Crippen LogP contribution in [0.3, 0.4) is 0 Å². The summed E-state index contributed by atoms with van der Waals surface area (Å²) in [6.45, 7) is 4.50. The van der Waals surface area contributed by atoms with Gasteiger partial charge in [-0.3, -0.25) is 14.6 Å². The van der Waals surface area contributed by atoms with E-state index in [9.17, 15) is 14.7 Å². The van der Waals surface area contributed by atoms with Crippen LogP contribution < -0.4 is 4.74 Å². The molecule has 1 atom stereocenters. The number of likely N-dealkylation sites (tertiary alicyclic amines) is 1. The molecule has 0 aliphatic carbocycles. The lowest BCUT2D eigenvalue weighted by molar-refractivity contribution is -0.140. The van der Waals surface area contributed by atoms with Gasteiger partial charge in [0.2, 0.25) is 0 Å². The third-order valence-corrected chi connectivity index (χ3v) is 5.54. The number of benzene rings is 2. The predicted octanol–water partition coefficient (Wildman–Crippen LogP) is 4.41. The lowest BCUT2D eigenvalue weighted by Gasteiger charge is -2.26. The molecular formula is C26H24N2O4. The Bertz CT molecular complexity index is 1190. The minimum atomic E-state index is -0.708. The summed E-state index contributed by atoms with van der Waals surface area (Å²) in [6.07, 6.45) is 3.29. The Hall–Kier alpha value is -3.93. The third kappa shape index (κ3) is 3.99. The number of Topliss-reactive ketones (excluding diaryl/α,β-unsaturated/α-hetero) is 1. The molecule has 1 aliphatic rings. The SMILES string of the molecule is CCOc1cccc(/C(O)=C2\C(=O)C(=O)N(Cc3ccncc3)C2c2ccccc2C)c1. The smallest absolute Gasteiger partial charge is 0.295 e. The van der Waals surface area contributed by atoms with E-state index >= 15 is 0 Å². The molecule has 162 valence electrons. The molecule has 2 heterocycles. The van der Waals surface area contributed by atoms with Crippen LogP contribution in [0.25, 0.3) is 5.76 Å². The second-order valence-electron chi connectivity index (χ2n) is 7.60. The fourth-order valence-electron chi connectivity index (χ4n) is 4.00. The molecular weight excluding hydrogens is 404 g/mol. The lowest BCUT2D eigenvalue weighted by Crippen LogP contribution is -2.29. The Kier molecular flexibility index (Phi) is 6.03. The molecule has 0 saturated carbocycles. The van der Waals surface area contributed by atoms with E-state index in [1.165, 1.54) is 4.90 Å². The zero-order chi connectivity index (χ0) is 22.7. The van der Waals surface area contributed by atoms with E-state index in [1.54, 1.807) is 48.8 Å². The van der Waals surface area contributed by atoms with Crippen molar-refractivity contribution in [3.05, 3.63) is 101 Å². The Morgan fingerprint density at radius 3 is 2.53 bits per heavy atom. The van der Waals surface area contributed by atoms with Gasteiger partial charge in [0.05, 0.1) is 18.2 Å². The molecule has 2 aromatic carbocycles. The number of carbonyl (C=O) groups is 2. The number of ether oxygens (including phenoxy) is 1. The molecule has 1 fully saturated rings. The number of carbonyl (C=O) groups excluding carboxylic acids is 2. The summed E-state index contributed by atoms with van der Waals surface area (Å²) in [5.74, 6) is -0.977. The maximum atomic E-state index is 13.2. The minimum Gasteiger partial charge on any atom is -0.507 e. The van der Waals surface area contributed by atoms with E-state index in [0.29, 0.717) is 17.9 Å². The maximum Gasteiger partial charge on any atom is 0.295 e. The Morgan fingerprint density at radius 2 is 1.81 bits per heavy atom. The molecule has 1 amide bonds. The van der Waals surface area contributed by atoms with Crippen molar-refractivity contribution in [1.29, 1.82) is 0 Å². The molecule has 1 aliphatic heterocycles. The average Bonchev–Trinajstić information content (AvgIpc) is 3.05. The van der Waals surface area contributed by atoms with E-state index in [-0.39, 0.29) is 17.9 Å². The maximum absolute atomic E-state index is 13.2. The number of aliphatic hydroxyl groups excluding tert-OH is 1. The quantitative estimate of drug-likeness (QED) is 0.357. The van der Waals surface area contributed by atoms with Crippen molar-refractivity contribution in [2.24, 2.45) is 0 Å². The molecule has 6 heteroatoms.